The van der Waals surface area contributed by atoms with Gasteiger partial charge in [0.2, 0.25) is 0 Å². The minimum absolute atomic E-state index is 0.0767. The van der Waals surface area contributed by atoms with Crippen molar-refractivity contribution in [1.29, 1.82) is 0 Å². The second-order valence-corrected chi connectivity index (χ2v) is 8.71. The fraction of sp³-hybridized carbons (Fsp3) is 0.524. The molecule has 0 atom stereocenters. The summed E-state index contributed by atoms with van der Waals surface area (Å²) in [5, 5.41) is 6.01. The highest BCUT2D eigenvalue weighted by atomic mass is 32.1. The summed E-state index contributed by atoms with van der Waals surface area (Å²) in [6.07, 6.45) is 2.61. The molecule has 3 rings (SSSR count). The van der Waals surface area contributed by atoms with Crippen molar-refractivity contribution in [2.75, 3.05) is 20.1 Å². The molecule has 5 nitrogen and oxygen atoms in total. The molecule has 146 valence electrons. The van der Waals surface area contributed by atoms with Gasteiger partial charge >= 0.3 is 6.03 Å². The molecule has 2 aromatic rings. The highest BCUT2D eigenvalue weighted by molar-refractivity contribution is 7.09. The van der Waals surface area contributed by atoms with Gasteiger partial charge in [-0.15, -0.1) is 11.3 Å². The predicted molar refractivity (Wildman–Crippen MR) is 111 cm³/mol. The predicted octanol–water partition coefficient (Wildman–Crippen LogP) is 4.03. The van der Waals surface area contributed by atoms with E-state index in [2.05, 4.69) is 46.4 Å². The first-order chi connectivity index (χ1) is 13.0. The quantitative estimate of drug-likeness (QED) is 0.815. The van der Waals surface area contributed by atoms with Crippen LogP contribution in [0.4, 0.5) is 4.79 Å². The molecule has 1 aromatic carbocycles. The molecule has 2 amide bonds. The summed E-state index contributed by atoms with van der Waals surface area (Å²) in [7, 11) is 1.80. The number of aryl methyl sites for hydroxylation is 1. The number of nitrogens with zero attached hydrogens (tertiary/aromatic N) is 3. The minimum Gasteiger partial charge on any atom is -0.334 e. The van der Waals surface area contributed by atoms with E-state index in [0.717, 1.165) is 28.7 Å². The Morgan fingerprint density at radius 3 is 2.56 bits per heavy atom. The fourth-order valence-corrected chi connectivity index (χ4v) is 3.95. The number of hydrogen-bond donors (Lipinski definition) is 1. The Kier molecular flexibility index (Phi) is 6.85. The van der Waals surface area contributed by atoms with Crippen molar-refractivity contribution in [3.8, 4) is 0 Å². The maximum Gasteiger partial charge on any atom is 0.317 e. The monoisotopic (exact) mass is 386 g/mol. The van der Waals surface area contributed by atoms with Gasteiger partial charge in [-0.3, -0.25) is 4.90 Å². The SMILES string of the molecule is Cc1nc(CN(C)C(=O)NCc2ccc(CN3CCC(C)CC3)cc2)cs1. The number of aromatic nitrogens is 1. The average molecular weight is 387 g/mol. The van der Waals surface area contributed by atoms with Gasteiger partial charge in [-0.05, 0) is 49.9 Å². The Bertz CT molecular complexity index is 735. The summed E-state index contributed by atoms with van der Waals surface area (Å²) >= 11 is 1.61. The summed E-state index contributed by atoms with van der Waals surface area (Å²) in [5.74, 6) is 0.866. The molecule has 0 spiro atoms. The maximum absolute atomic E-state index is 12.3. The Balaban J connectivity index is 1.43. The van der Waals surface area contributed by atoms with Crippen LogP contribution in [0.1, 0.15) is 41.6 Å². The molecular formula is C21H30N4OS. The minimum atomic E-state index is -0.0767. The zero-order chi connectivity index (χ0) is 19.2. The number of benzene rings is 1. The number of urea groups is 1. The Morgan fingerprint density at radius 2 is 1.93 bits per heavy atom. The molecule has 1 saturated heterocycles. The molecule has 2 heterocycles. The van der Waals surface area contributed by atoms with Crippen molar-refractivity contribution in [3.05, 3.63) is 51.5 Å². The summed E-state index contributed by atoms with van der Waals surface area (Å²) in [5.41, 5.74) is 3.40. The van der Waals surface area contributed by atoms with Gasteiger partial charge in [-0.25, -0.2) is 9.78 Å². The second-order valence-electron chi connectivity index (χ2n) is 7.65. The van der Waals surface area contributed by atoms with Crippen LogP contribution in [-0.2, 0) is 19.6 Å². The topological polar surface area (TPSA) is 48.5 Å². The van der Waals surface area contributed by atoms with E-state index in [1.54, 1.807) is 23.3 Å². The standard InChI is InChI=1S/C21H30N4OS/c1-16-8-10-25(11-9-16)13-19-6-4-18(5-7-19)12-22-21(26)24(3)14-20-15-27-17(2)23-20/h4-7,15-16H,8-14H2,1-3H3,(H,22,26). The summed E-state index contributed by atoms with van der Waals surface area (Å²) in [6, 6.07) is 8.52. The Morgan fingerprint density at radius 1 is 1.26 bits per heavy atom. The lowest BCUT2D eigenvalue weighted by atomic mass is 9.99. The first kappa shape index (κ1) is 19.8. The lowest BCUT2D eigenvalue weighted by Crippen LogP contribution is -2.36. The molecule has 6 heteroatoms. The molecule has 1 N–H and O–H groups in total. The van der Waals surface area contributed by atoms with Gasteiger partial charge in [0.25, 0.3) is 0 Å². The summed E-state index contributed by atoms with van der Waals surface area (Å²) in [6.45, 7) is 8.81. The van der Waals surface area contributed by atoms with Crippen molar-refractivity contribution >= 4 is 17.4 Å². The number of likely N-dealkylation sites (tertiary alicyclic amines) is 1. The first-order valence-corrected chi connectivity index (χ1v) is 10.6. The van der Waals surface area contributed by atoms with Gasteiger partial charge in [0.1, 0.15) is 0 Å². The first-order valence-electron chi connectivity index (χ1n) is 9.69. The van der Waals surface area contributed by atoms with E-state index in [9.17, 15) is 4.79 Å². The number of nitrogens with one attached hydrogen (secondary N) is 1. The number of rotatable bonds is 6. The van der Waals surface area contributed by atoms with Gasteiger partial charge in [0.05, 0.1) is 17.2 Å². The van der Waals surface area contributed by atoms with E-state index < -0.39 is 0 Å². The van der Waals surface area contributed by atoms with Gasteiger partial charge < -0.3 is 10.2 Å². The lowest BCUT2D eigenvalue weighted by molar-refractivity contribution is 0.185. The van der Waals surface area contributed by atoms with E-state index >= 15 is 0 Å². The van der Waals surface area contributed by atoms with E-state index in [-0.39, 0.29) is 6.03 Å². The molecule has 0 saturated carbocycles. The molecular weight excluding hydrogens is 356 g/mol. The number of carbonyl (C=O) groups excluding carboxylic acids is 1. The molecule has 1 aliphatic rings. The average Bonchev–Trinajstić information content (AvgIpc) is 3.07. The van der Waals surface area contributed by atoms with Crippen molar-refractivity contribution < 1.29 is 4.79 Å². The smallest absolute Gasteiger partial charge is 0.317 e. The normalized spacial score (nSPS) is 15.7. The molecule has 0 bridgehead atoms. The highest BCUT2D eigenvalue weighted by Crippen LogP contribution is 2.18. The number of hydrogen-bond acceptors (Lipinski definition) is 4. The van der Waals surface area contributed by atoms with Gasteiger partial charge in [0.15, 0.2) is 0 Å². The molecule has 27 heavy (non-hydrogen) atoms. The zero-order valence-electron chi connectivity index (χ0n) is 16.6. The van der Waals surface area contributed by atoms with Crippen LogP contribution in [0.5, 0.6) is 0 Å². The largest absolute Gasteiger partial charge is 0.334 e. The maximum atomic E-state index is 12.3. The van der Waals surface area contributed by atoms with Gasteiger partial charge in [-0.1, -0.05) is 31.2 Å². The van der Waals surface area contributed by atoms with Crippen molar-refractivity contribution in [3.63, 3.8) is 0 Å². The molecule has 1 fully saturated rings. The van der Waals surface area contributed by atoms with Crippen LogP contribution in [0.25, 0.3) is 0 Å². The second kappa shape index (κ2) is 9.33. The van der Waals surface area contributed by atoms with E-state index in [1.165, 1.54) is 31.5 Å². The zero-order valence-corrected chi connectivity index (χ0v) is 17.4. The van der Waals surface area contributed by atoms with Crippen molar-refractivity contribution in [2.24, 2.45) is 5.92 Å². The van der Waals surface area contributed by atoms with Gasteiger partial charge in [-0.2, -0.15) is 0 Å². The van der Waals surface area contributed by atoms with Crippen LogP contribution >= 0.6 is 11.3 Å². The third-order valence-corrected chi connectivity index (χ3v) is 5.98. The molecule has 0 unspecified atom stereocenters. The Hall–Kier alpha value is -1.92. The van der Waals surface area contributed by atoms with E-state index in [4.69, 9.17) is 0 Å². The molecule has 1 aromatic heterocycles. The number of thiazole rings is 1. The fourth-order valence-electron chi connectivity index (χ4n) is 3.35. The van der Waals surface area contributed by atoms with Crippen LogP contribution in [0.15, 0.2) is 29.6 Å². The van der Waals surface area contributed by atoms with Crippen LogP contribution in [0.2, 0.25) is 0 Å². The van der Waals surface area contributed by atoms with Crippen LogP contribution in [0, 0.1) is 12.8 Å². The van der Waals surface area contributed by atoms with Crippen LogP contribution < -0.4 is 5.32 Å². The van der Waals surface area contributed by atoms with Crippen molar-refractivity contribution in [1.82, 2.24) is 20.1 Å². The summed E-state index contributed by atoms with van der Waals surface area (Å²) in [4.78, 5) is 20.9. The summed E-state index contributed by atoms with van der Waals surface area (Å²) < 4.78 is 0. The number of piperidine rings is 1. The molecule has 0 radical (unpaired) electrons. The van der Waals surface area contributed by atoms with Crippen molar-refractivity contribution in [2.45, 2.75) is 46.3 Å². The van der Waals surface area contributed by atoms with Crippen LogP contribution in [-0.4, -0.2) is 41.0 Å². The third-order valence-electron chi connectivity index (χ3n) is 5.16. The Labute approximate surface area is 166 Å². The highest BCUT2D eigenvalue weighted by Gasteiger charge is 2.15. The van der Waals surface area contributed by atoms with Gasteiger partial charge in [0, 0.05) is 25.5 Å². The number of amides is 2. The number of carbonyl (C=O) groups is 1. The third kappa shape index (κ3) is 6.04. The van der Waals surface area contributed by atoms with E-state index in [0.29, 0.717) is 13.1 Å². The van der Waals surface area contributed by atoms with Crippen LogP contribution in [0.3, 0.4) is 0 Å². The van der Waals surface area contributed by atoms with E-state index in [1.807, 2.05) is 12.3 Å². The lowest BCUT2D eigenvalue weighted by Gasteiger charge is -2.30. The molecule has 1 aliphatic heterocycles. The molecule has 0 aliphatic carbocycles.